The molecule has 0 aliphatic heterocycles. The Kier molecular flexibility index (Phi) is 3.20. The lowest BCUT2D eigenvalue weighted by molar-refractivity contribution is 0.214. The molecule has 20 heavy (non-hydrogen) atoms. The van der Waals surface area contributed by atoms with Crippen molar-refractivity contribution >= 4 is 11.0 Å². The van der Waals surface area contributed by atoms with Gasteiger partial charge in [0.1, 0.15) is 6.10 Å². The van der Waals surface area contributed by atoms with Gasteiger partial charge in [-0.3, -0.25) is 4.98 Å². The average Bonchev–Trinajstić information content (AvgIpc) is 2.49. The predicted octanol–water partition coefficient (Wildman–Crippen LogP) is 3.33. The largest absolute Gasteiger partial charge is 0.382 e. The van der Waals surface area contributed by atoms with Gasteiger partial charge in [0, 0.05) is 0 Å². The van der Waals surface area contributed by atoms with E-state index >= 15 is 0 Å². The molecular formula is C17H16N2O. The van der Waals surface area contributed by atoms with Gasteiger partial charge < -0.3 is 5.11 Å². The molecule has 3 aromatic rings. The molecule has 0 amide bonds. The van der Waals surface area contributed by atoms with E-state index in [-0.39, 0.29) is 0 Å². The normalized spacial score (nSPS) is 12.6. The van der Waals surface area contributed by atoms with Crippen molar-refractivity contribution in [3.8, 4) is 0 Å². The van der Waals surface area contributed by atoms with Crippen molar-refractivity contribution in [1.82, 2.24) is 9.97 Å². The zero-order valence-electron chi connectivity index (χ0n) is 11.5. The molecule has 0 radical (unpaired) electrons. The highest BCUT2D eigenvalue weighted by atomic mass is 16.3. The molecule has 3 rings (SSSR count). The van der Waals surface area contributed by atoms with Crippen molar-refractivity contribution in [2.75, 3.05) is 0 Å². The highest BCUT2D eigenvalue weighted by Gasteiger charge is 2.15. The zero-order valence-corrected chi connectivity index (χ0v) is 11.5. The van der Waals surface area contributed by atoms with Gasteiger partial charge in [0.2, 0.25) is 0 Å². The lowest BCUT2D eigenvalue weighted by Gasteiger charge is -2.15. The summed E-state index contributed by atoms with van der Waals surface area (Å²) in [5, 5.41) is 10.6. The van der Waals surface area contributed by atoms with Gasteiger partial charge in [-0.05, 0) is 42.7 Å². The van der Waals surface area contributed by atoms with E-state index in [1.165, 1.54) is 0 Å². The van der Waals surface area contributed by atoms with Crippen LogP contribution in [0.1, 0.15) is 28.5 Å². The van der Waals surface area contributed by atoms with E-state index in [2.05, 4.69) is 9.97 Å². The van der Waals surface area contributed by atoms with E-state index in [0.717, 1.165) is 27.7 Å². The lowest BCUT2D eigenvalue weighted by Crippen LogP contribution is -2.06. The van der Waals surface area contributed by atoms with E-state index in [9.17, 15) is 5.11 Å². The average molecular weight is 264 g/mol. The second kappa shape index (κ2) is 5.02. The molecule has 2 aromatic carbocycles. The smallest absolute Gasteiger partial charge is 0.123 e. The van der Waals surface area contributed by atoms with Gasteiger partial charge >= 0.3 is 0 Å². The summed E-state index contributed by atoms with van der Waals surface area (Å²) in [5.41, 5.74) is 5.36. The maximum Gasteiger partial charge on any atom is 0.123 e. The van der Waals surface area contributed by atoms with Crippen LogP contribution in [0.25, 0.3) is 11.0 Å². The number of rotatable bonds is 2. The third-order valence-corrected chi connectivity index (χ3v) is 3.69. The van der Waals surface area contributed by atoms with Crippen LogP contribution < -0.4 is 0 Å². The number of hydrogen-bond acceptors (Lipinski definition) is 3. The predicted molar refractivity (Wildman–Crippen MR) is 79.5 cm³/mol. The van der Waals surface area contributed by atoms with E-state index in [1.807, 2.05) is 56.3 Å². The molecule has 1 unspecified atom stereocenters. The van der Waals surface area contributed by atoms with Gasteiger partial charge in [-0.2, -0.15) is 0 Å². The van der Waals surface area contributed by atoms with Gasteiger partial charge in [-0.25, -0.2) is 4.98 Å². The van der Waals surface area contributed by atoms with Gasteiger partial charge in [0.25, 0.3) is 0 Å². The Labute approximate surface area is 117 Å². The summed E-state index contributed by atoms with van der Waals surface area (Å²) >= 11 is 0. The maximum atomic E-state index is 10.6. The summed E-state index contributed by atoms with van der Waals surface area (Å²) in [6, 6.07) is 13.6. The summed E-state index contributed by atoms with van der Waals surface area (Å²) < 4.78 is 0. The minimum Gasteiger partial charge on any atom is -0.382 e. The molecule has 1 aromatic heterocycles. The number of aliphatic hydroxyl groups is 1. The Balaban J connectivity index is 2.08. The first-order chi connectivity index (χ1) is 9.66. The molecule has 0 saturated carbocycles. The van der Waals surface area contributed by atoms with Crippen LogP contribution in [0.15, 0.2) is 48.7 Å². The number of benzene rings is 2. The summed E-state index contributed by atoms with van der Waals surface area (Å²) in [6.45, 7) is 4.06. The molecule has 1 heterocycles. The van der Waals surface area contributed by atoms with Crippen LogP contribution in [0.4, 0.5) is 0 Å². The first kappa shape index (κ1) is 12.8. The lowest BCUT2D eigenvalue weighted by atomic mass is 9.97. The fourth-order valence-corrected chi connectivity index (χ4v) is 2.33. The summed E-state index contributed by atoms with van der Waals surface area (Å²) in [4.78, 5) is 8.87. The van der Waals surface area contributed by atoms with Crippen LogP contribution in [-0.2, 0) is 0 Å². The van der Waals surface area contributed by atoms with Crippen LogP contribution >= 0.6 is 0 Å². The van der Waals surface area contributed by atoms with Crippen molar-refractivity contribution in [3.63, 3.8) is 0 Å². The summed E-state index contributed by atoms with van der Waals surface area (Å²) in [7, 11) is 0. The Morgan fingerprint density at radius 2 is 1.70 bits per heavy atom. The Morgan fingerprint density at radius 3 is 2.50 bits per heavy atom. The fourth-order valence-electron chi connectivity index (χ4n) is 2.33. The molecule has 0 spiro atoms. The number of fused-ring (bicyclic) bond motifs is 1. The van der Waals surface area contributed by atoms with Crippen LogP contribution in [0.2, 0.25) is 0 Å². The van der Waals surface area contributed by atoms with E-state index in [0.29, 0.717) is 5.69 Å². The number of hydrogen-bond donors (Lipinski definition) is 1. The minimum atomic E-state index is -0.744. The van der Waals surface area contributed by atoms with Gasteiger partial charge in [-0.15, -0.1) is 0 Å². The molecule has 0 aliphatic carbocycles. The van der Waals surface area contributed by atoms with Crippen LogP contribution in [0, 0.1) is 13.8 Å². The molecule has 0 bridgehead atoms. The first-order valence-electron chi connectivity index (χ1n) is 6.62. The molecular weight excluding hydrogens is 248 g/mol. The second-order valence-corrected chi connectivity index (χ2v) is 4.98. The van der Waals surface area contributed by atoms with Crippen LogP contribution in [0.5, 0.6) is 0 Å². The van der Waals surface area contributed by atoms with Gasteiger partial charge in [0.15, 0.2) is 0 Å². The molecule has 100 valence electrons. The van der Waals surface area contributed by atoms with Crippen LogP contribution in [0.3, 0.4) is 0 Å². The van der Waals surface area contributed by atoms with Crippen molar-refractivity contribution in [3.05, 3.63) is 71.0 Å². The maximum absolute atomic E-state index is 10.6. The summed E-state index contributed by atoms with van der Waals surface area (Å²) in [5.74, 6) is 0. The van der Waals surface area contributed by atoms with Crippen molar-refractivity contribution in [2.45, 2.75) is 20.0 Å². The van der Waals surface area contributed by atoms with Gasteiger partial charge in [-0.1, -0.05) is 30.3 Å². The van der Waals surface area contributed by atoms with Crippen molar-refractivity contribution < 1.29 is 5.11 Å². The fraction of sp³-hybridized carbons (Fsp3) is 0.176. The minimum absolute atomic E-state index is 0.581. The Hall–Kier alpha value is -2.26. The number of nitrogens with zero attached hydrogens (tertiary/aromatic N) is 2. The zero-order chi connectivity index (χ0) is 14.1. The quantitative estimate of drug-likeness (QED) is 0.772. The molecule has 0 aliphatic rings. The van der Waals surface area contributed by atoms with Gasteiger partial charge in [0.05, 0.1) is 22.9 Å². The van der Waals surface area contributed by atoms with Crippen molar-refractivity contribution in [2.24, 2.45) is 0 Å². The Morgan fingerprint density at radius 1 is 0.950 bits per heavy atom. The molecule has 3 nitrogen and oxygen atoms in total. The molecule has 1 N–H and O–H groups in total. The first-order valence-corrected chi connectivity index (χ1v) is 6.62. The van der Waals surface area contributed by atoms with Crippen molar-refractivity contribution in [1.29, 1.82) is 0 Å². The monoisotopic (exact) mass is 264 g/mol. The number of para-hydroxylation sites is 2. The van der Waals surface area contributed by atoms with E-state index in [4.69, 9.17) is 0 Å². The highest BCUT2D eigenvalue weighted by Crippen LogP contribution is 2.25. The Bertz CT molecular complexity index is 768. The number of aryl methyl sites for hydroxylation is 1. The highest BCUT2D eigenvalue weighted by molar-refractivity contribution is 5.73. The topological polar surface area (TPSA) is 46.0 Å². The number of aromatic nitrogens is 2. The third kappa shape index (κ3) is 2.17. The molecule has 3 heteroatoms. The summed E-state index contributed by atoms with van der Waals surface area (Å²) in [6.07, 6.45) is 0.904. The SMILES string of the molecule is Cc1cccc(C(O)c2cnc3ccccc3n2)c1C. The second-order valence-electron chi connectivity index (χ2n) is 4.98. The molecule has 1 atom stereocenters. The molecule has 0 fully saturated rings. The van der Waals surface area contributed by atoms with Crippen LogP contribution in [-0.4, -0.2) is 15.1 Å². The number of aliphatic hydroxyl groups excluding tert-OH is 1. The molecule has 0 saturated heterocycles. The third-order valence-electron chi connectivity index (χ3n) is 3.69. The van der Waals surface area contributed by atoms with E-state index < -0.39 is 6.10 Å². The standard InChI is InChI=1S/C17H16N2O/c1-11-6-5-7-13(12(11)2)17(20)16-10-18-14-8-3-4-9-15(14)19-16/h3-10,17,20H,1-2H3. The van der Waals surface area contributed by atoms with E-state index in [1.54, 1.807) is 6.20 Å².